The molecule has 0 aliphatic carbocycles. The molecule has 0 aromatic heterocycles. The van der Waals surface area contributed by atoms with Crippen LogP contribution < -0.4 is 4.72 Å². The summed E-state index contributed by atoms with van der Waals surface area (Å²) in [7, 11) is -4.22. The summed E-state index contributed by atoms with van der Waals surface area (Å²) in [6, 6.07) is 3.08. The van der Waals surface area contributed by atoms with E-state index in [1.54, 1.807) is 4.72 Å². The Morgan fingerprint density at radius 3 is 2.50 bits per heavy atom. The van der Waals surface area contributed by atoms with Crippen molar-refractivity contribution >= 4 is 10.0 Å². The highest BCUT2D eigenvalue weighted by Gasteiger charge is 2.30. The third-order valence-corrected chi connectivity index (χ3v) is 3.60. The van der Waals surface area contributed by atoms with Crippen LogP contribution in [0.4, 0.5) is 13.2 Å². The molecular formula is C10H12F3NO3S. The van der Waals surface area contributed by atoms with Gasteiger partial charge in [0, 0.05) is 0 Å². The lowest BCUT2D eigenvalue weighted by Gasteiger charge is -2.14. The van der Waals surface area contributed by atoms with Crippen molar-refractivity contribution in [2.75, 3.05) is 13.2 Å². The Morgan fingerprint density at radius 1 is 1.39 bits per heavy atom. The molecule has 1 rings (SSSR count). The summed E-state index contributed by atoms with van der Waals surface area (Å²) in [6.07, 6.45) is 0. The highest BCUT2D eigenvalue weighted by atomic mass is 32.2. The van der Waals surface area contributed by atoms with Gasteiger partial charge in [0.25, 0.3) is 5.92 Å². The minimum absolute atomic E-state index is 0.245. The zero-order chi connectivity index (χ0) is 14.0. The molecule has 0 atom stereocenters. The molecule has 0 amide bonds. The van der Waals surface area contributed by atoms with E-state index >= 15 is 0 Å². The number of halogens is 3. The summed E-state index contributed by atoms with van der Waals surface area (Å²) in [5, 5.41) is 8.30. The molecular weight excluding hydrogens is 271 g/mol. The van der Waals surface area contributed by atoms with Gasteiger partial charge in [-0.15, -0.1) is 0 Å². The molecule has 0 aliphatic heterocycles. The average Bonchev–Trinajstić information content (AvgIpc) is 2.30. The van der Waals surface area contributed by atoms with Gasteiger partial charge in [0.15, 0.2) is 0 Å². The minimum Gasteiger partial charge on any atom is -0.390 e. The number of sulfonamides is 1. The van der Waals surface area contributed by atoms with Gasteiger partial charge in [-0.2, -0.15) is 0 Å². The maximum absolute atomic E-state index is 13.2. The first-order valence-electron chi connectivity index (χ1n) is 4.92. The monoisotopic (exact) mass is 283 g/mol. The Morgan fingerprint density at radius 2 is 2.00 bits per heavy atom. The molecule has 0 saturated heterocycles. The standard InChI is InChI=1S/C10H12F3NO3S/c1-7-2-3-8(4-9(7)11)18(16,17)14-5-10(12,13)6-15/h2-4,14-15H,5-6H2,1H3. The second-order valence-corrected chi connectivity index (χ2v) is 5.52. The van der Waals surface area contributed by atoms with E-state index in [0.29, 0.717) is 0 Å². The van der Waals surface area contributed by atoms with Crippen LogP contribution in [0.15, 0.2) is 23.1 Å². The summed E-state index contributed by atoms with van der Waals surface area (Å²) in [4.78, 5) is -0.445. The largest absolute Gasteiger partial charge is 0.390 e. The van der Waals surface area contributed by atoms with Crippen molar-refractivity contribution in [2.24, 2.45) is 0 Å². The van der Waals surface area contributed by atoms with Crippen LogP contribution in [0.2, 0.25) is 0 Å². The molecule has 4 nitrogen and oxygen atoms in total. The zero-order valence-electron chi connectivity index (χ0n) is 9.45. The first kappa shape index (κ1) is 14.9. The molecule has 0 spiro atoms. The molecule has 0 saturated carbocycles. The van der Waals surface area contributed by atoms with E-state index in [1.165, 1.54) is 13.0 Å². The zero-order valence-corrected chi connectivity index (χ0v) is 10.3. The maximum Gasteiger partial charge on any atom is 0.283 e. The van der Waals surface area contributed by atoms with E-state index in [2.05, 4.69) is 0 Å². The predicted octanol–water partition coefficient (Wildman–Crippen LogP) is 1.04. The Balaban J connectivity index is 2.90. The third-order valence-electron chi connectivity index (χ3n) is 2.21. The normalized spacial score (nSPS) is 12.7. The van der Waals surface area contributed by atoms with Crippen LogP contribution in [0.3, 0.4) is 0 Å². The molecule has 0 fully saturated rings. The van der Waals surface area contributed by atoms with Crippen LogP contribution in [-0.4, -0.2) is 32.6 Å². The highest BCUT2D eigenvalue weighted by molar-refractivity contribution is 7.89. The molecule has 0 radical (unpaired) electrons. The SMILES string of the molecule is Cc1ccc(S(=O)(=O)NCC(F)(F)CO)cc1F. The van der Waals surface area contributed by atoms with E-state index < -0.39 is 39.8 Å². The van der Waals surface area contributed by atoms with Gasteiger partial charge in [0.05, 0.1) is 11.4 Å². The number of benzene rings is 1. The minimum atomic E-state index is -4.22. The molecule has 0 unspecified atom stereocenters. The van der Waals surface area contributed by atoms with Crippen molar-refractivity contribution in [3.63, 3.8) is 0 Å². The molecule has 1 aromatic rings. The molecule has 2 N–H and O–H groups in total. The van der Waals surface area contributed by atoms with Gasteiger partial charge in [0.2, 0.25) is 10.0 Å². The number of nitrogens with one attached hydrogen (secondary N) is 1. The molecule has 102 valence electrons. The maximum atomic E-state index is 13.2. The lowest BCUT2D eigenvalue weighted by atomic mass is 10.2. The van der Waals surface area contributed by atoms with Crippen LogP contribution in [-0.2, 0) is 10.0 Å². The van der Waals surface area contributed by atoms with E-state index in [9.17, 15) is 21.6 Å². The number of aliphatic hydroxyl groups is 1. The van der Waals surface area contributed by atoms with Crippen molar-refractivity contribution in [1.29, 1.82) is 0 Å². The van der Waals surface area contributed by atoms with Gasteiger partial charge in [-0.1, -0.05) is 6.07 Å². The van der Waals surface area contributed by atoms with Crippen LogP contribution in [0.1, 0.15) is 5.56 Å². The van der Waals surface area contributed by atoms with Crippen LogP contribution >= 0.6 is 0 Å². The molecule has 0 heterocycles. The fraction of sp³-hybridized carbons (Fsp3) is 0.400. The van der Waals surface area contributed by atoms with E-state index in [4.69, 9.17) is 5.11 Å². The second kappa shape index (κ2) is 5.25. The summed E-state index contributed by atoms with van der Waals surface area (Å²) in [6.45, 7) is -1.28. The summed E-state index contributed by atoms with van der Waals surface area (Å²) in [5.41, 5.74) is 0.245. The number of alkyl halides is 2. The molecule has 0 bridgehead atoms. The van der Waals surface area contributed by atoms with Gasteiger partial charge < -0.3 is 5.11 Å². The smallest absolute Gasteiger partial charge is 0.283 e. The van der Waals surface area contributed by atoms with E-state index in [1.807, 2.05) is 0 Å². The number of aliphatic hydroxyl groups excluding tert-OH is 1. The molecule has 8 heteroatoms. The third kappa shape index (κ3) is 3.69. The topological polar surface area (TPSA) is 66.4 Å². The van der Waals surface area contributed by atoms with Gasteiger partial charge in [-0.3, -0.25) is 0 Å². The van der Waals surface area contributed by atoms with Gasteiger partial charge in [-0.25, -0.2) is 26.3 Å². The Bertz CT molecular complexity index is 531. The highest BCUT2D eigenvalue weighted by Crippen LogP contribution is 2.16. The fourth-order valence-electron chi connectivity index (χ4n) is 1.08. The number of aryl methyl sites for hydroxylation is 1. The van der Waals surface area contributed by atoms with Crippen molar-refractivity contribution < 1.29 is 26.7 Å². The van der Waals surface area contributed by atoms with Crippen LogP contribution in [0, 0.1) is 12.7 Å². The predicted molar refractivity (Wildman–Crippen MR) is 58.4 cm³/mol. The number of hydrogen-bond donors (Lipinski definition) is 2. The molecule has 0 aliphatic rings. The van der Waals surface area contributed by atoms with E-state index in [0.717, 1.165) is 12.1 Å². The number of rotatable bonds is 5. The first-order valence-corrected chi connectivity index (χ1v) is 6.41. The molecule has 18 heavy (non-hydrogen) atoms. The van der Waals surface area contributed by atoms with Crippen molar-refractivity contribution in [1.82, 2.24) is 4.72 Å². The fourth-order valence-corrected chi connectivity index (χ4v) is 2.15. The first-order chi connectivity index (χ1) is 8.18. The van der Waals surface area contributed by atoms with Gasteiger partial charge >= 0.3 is 0 Å². The Kier molecular flexibility index (Phi) is 4.36. The lowest BCUT2D eigenvalue weighted by Crippen LogP contribution is -2.38. The van der Waals surface area contributed by atoms with Gasteiger partial charge in [-0.05, 0) is 24.6 Å². The van der Waals surface area contributed by atoms with Crippen molar-refractivity contribution in [3.8, 4) is 0 Å². The summed E-state index contributed by atoms with van der Waals surface area (Å²) in [5.74, 6) is -4.30. The second-order valence-electron chi connectivity index (χ2n) is 3.75. The van der Waals surface area contributed by atoms with E-state index in [-0.39, 0.29) is 5.56 Å². The summed E-state index contributed by atoms with van der Waals surface area (Å²) >= 11 is 0. The van der Waals surface area contributed by atoms with Gasteiger partial charge in [0.1, 0.15) is 12.4 Å². The average molecular weight is 283 g/mol. The lowest BCUT2D eigenvalue weighted by molar-refractivity contribution is -0.0437. The van der Waals surface area contributed by atoms with Crippen LogP contribution in [0.5, 0.6) is 0 Å². The Hall–Kier alpha value is -1.12. The van der Waals surface area contributed by atoms with Crippen molar-refractivity contribution in [2.45, 2.75) is 17.7 Å². The van der Waals surface area contributed by atoms with Crippen molar-refractivity contribution in [3.05, 3.63) is 29.6 Å². The Labute approximate surface area is 102 Å². The quantitative estimate of drug-likeness (QED) is 0.848. The molecule has 1 aromatic carbocycles. The van der Waals surface area contributed by atoms with Crippen LogP contribution in [0.25, 0.3) is 0 Å². The summed E-state index contributed by atoms with van der Waals surface area (Å²) < 4.78 is 63.3. The number of hydrogen-bond acceptors (Lipinski definition) is 3.